The first-order valence-electron chi connectivity index (χ1n) is 11.3. The van der Waals surface area contributed by atoms with Gasteiger partial charge in [-0.3, -0.25) is 23.9 Å². The highest BCUT2D eigenvalue weighted by atomic mass is 16.5. The molecule has 0 unspecified atom stereocenters. The average molecular weight is 459 g/mol. The van der Waals surface area contributed by atoms with Crippen LogP contribution in [0.5, 0.6) is 0 Å². The van der Waals surface area contributed by atoms with Crippen LogP contribution in [0.2, 0.25) is 0 Å². The third-order valence-corrected chi connectivity index (χ3v) is 6.55. The van der Waals surface area contributed by atoms with Gasteiger partial charge < -0.3 is 24.4 Å². The molecule has 0 bridgehead atoms. The molecule has 2 aromatic heterocycles. The minimum atomic E-state index is -0.522. The van der Waals surface area contributed by atoms with E-state index in [4.69, 9.17) is 4.74 Å². The Hall–Kier alpha value is -3.21. The first-order valence-corrected chi connectivity index (χ1v) is 11.3. The third-order valence-electron chi connectivity index (χ3n) is 6.55. The summed E-state index contributed by atoms with van der Waals surface area (Å²) in [5.41, 5.74) is 2.76. The van der Waals surface area contributed by atoms with E-state index in [1.54, 1.807) is 16.6 Å². The monoisotopic (exact) mass is 458 g/mol. The van der Waals surface area contributed by atoms with Gasteiger partial charge >= 0.3 is 11.8 Å². The molecule has 0 aromatic carbocycles. The molecule has 11 nitrogen and oxygen atoms in total. The molecule has 33 heavy (non-hydrogen) atoms. The minimum absolute atomic E-state index is 0.0663. The largest absolute Gasteiger partial charge is 0.378 e. The fourth-order valence-corrected chi connectivity index (χ4v) is 4.64. The zero-order chi connectivity index (χ0) is 23.7. The van der Waals surface area contributed by atoms with Gasteiger partial charge in [0, 0.05) is 63.7 Å². The van der Waals surface area contributed by atoms with E-state index in [0.717, 1.165) is 16.6 Å². The number of amides is 3. The highest BCUT2D eigenvalue weighted by molar-refractivity contribution is 6.34. The molecule has 3 amide bonds. The molecule has 2 aliphatic heterocycles. The second-order valence-electron chi connectivity index (χ2n) is 8.57. The van der Waals surface area contributed by atoms with E-state index in [-0.39, 0.29) is 17.9 Å². The van der Waals surface area contributed by atoms with Crippen molar-refractivity contribution in [1.29, 1.82) is 0 Å². The van der Waals surface area contributed by atoms with Crippen molar-refractivity contribution >= 4 is 28.8 Å². The molecule has 4 rings (SSSR count). The van der Waals surface area contributed by atoms with E-state index < -0.39 is 11.8 Å². The molecule has 2 aliphatic rings. The van der Waals surface area contributed by atoms with Crippen molar-refractivity contribution in [2.45, 2.75) is 26.7 Å². The summed E-state index contributed by atoms with van der Waals surface area (Å²) in [5, 5.41) is 5.28. The van der Waals surface area contributed by atoms with Crippen molar-refractivity contribution < 1.29 is 19.1 Å². The number of morpholine rings is 1. The quantitative estimate of drug-likeness (QED) is 0.610. The van der Waals surface area contributed by atoms with E-state index in [9.17, 15) is 19.2 Å². The number of aryl methyl sites for hydroxylation is 3. The lowest BCUT2D eigenvalue weighted by Crippen LogP contribution is -2.55. The number of aromatic amines is 1. The van der Waals surface area contributed by atoms with Gasteiger partial charge in [0.1, 0.15) is 5.65 Å². The summed E-state index contributed by atoms with van der Waals surface area (Å²) in [4.78, 5) is 58.0. The number of piperazine rings is 1. The minimum Gasteiger partial charge on any atom is -0.378 e. The second-order valence-corrected chi connectivity index (χ2v) is 8.57. The molecular formula is C22H30N6O5. The molecule has 0 aliphatic carbocycles. The predicted octanol–water partition coefficient (Wildman–Crippen LogP) is -0.659. The number of hydrogen-bond acceptors (Lipinski definition) is 6. The SMILES string of the molecule is Cc1nn(C)c2[nH]c(=O)c(CCC(=O)N3CCN(C(=O)C(=O)N4CCOCC4)CC3)c(C)c12. The number of fused-ring (bicyclic) bond motifs is 1. The number of ether oxygens (including phenoxy) is 1. The van der Waals surface area contributed by atoms with Crippen LogP contribution in [0.3, 0.4) is 0 Å². The first-order chi connectivity index (χ1) is 15.8. The van der Waals surface area contributed by atoms with E-state index in [2.05, 4.69) is 10.1 Å². The van der Waals surface area contributed by atoms with Crippen LogP contribution in [0, 0.1) is 13.8 Å². The van der Waals surface area contributed by atoms with E-state index in [1.807, 2.05) is 13.8 Å². The Morgan fingerprint density at radius 3 is 2.15 bits per heavy atom. The summed E-state index contributed by atoms with van der Waals surface area (Å²) in [5.74, 6) is -1.09. The van der Waals surface area contributed by atoms with Gasteiger partial charge in [-0.1, -0.05) is 0 Å². The van der Waals surface area contributed by atoms with Gasteiger partial charge in [-0.2, -0.15) is 5.10 Å². The molecule has 0 atom stereocenters. The van der Waals surface area contributed by atoms with Crippen molar-refractivity contribution in [3.05, 3.63) is 27.2 Å². The fourth-order valence-electron chi connectivity index (χ4n) is 4.64. The summed E-state index contributed by atoms with van der Waals surface area (Å²) >= 11 is 0. The van der Waals surface area contributed by atoms with Gasteiger partial charge in [-0.05, 0) is 25.8 Å². The Morgan fingerprint density at radius 1 is 0.939 bits per heavy atom. The number of hydrogen-bond donors (Lipinski definition) is 1. The summed E-state index contributed by atoms with van der Waals surface area (Å²) in [6.45, 7) is 6.90. The number of aromatic nitrogens is 3. The number of H-pyrrole nitrogens is 1. The van der Waals surface area contributed by atoms with Crippen molar-refractivity contribution in [3.8, 4) is 0 Å². The van der Waals surface area contributed by atoms with Crippen LogP contribution in [0.4, 0.5) is 0 Å². The Morgan fingerprint density at radius 2 is 1.52 bits per heavy atom. The third kappa shape index (κ3) is 4.50. The van der Waals surface area contributed by atoms with Gasteiger partial charge in [-0.25, -0.2) is 0 Å². The van der Waals surface area contributed by atoms with E-state index >= 15 is 0 Å². The van der Waals surface area contributed by atoms with Gasteiger partial charge in [0.2, 0.25) is 5.91 Å². The average Bonchev–Trinajstić information content (AvgIpc) is 3.11. The van der Waals surface area contributed by atoms with Crippen molar-refractivity contribution in [2.75, 3.05) is 52.5 Å². The van der Waals surface area contributed by atoms with Crippen molar-refractivity contribution in [1.82, 2.24) is 29.5 Å². The Labute approximate surface area is 191 Å². The highest BCUT2D eigenvalue weighted by Gasteiger charge is 2.31. The lowest BCUT2D eigenvalue weighted by atomic mass is 10.0. The molecule has 2 fully saturated rings. The van der Waals surface area contributed by atoms with Crippen LogP contribution in [0.25, 0.3) is 11.0 Å². The van der Waals surface area contributed by atoms with Crippen LogP contribution in [0.15, 0.2) is 4.79 Å². The summed E-state index contributed by atoms with van der Waals surface area (Å²) in [7, 11) is 1.78. The molecule has 0 spiro atoms. The van der Waals surface area contributed by atoms with E-state index in [1.165, 1.54) is 9.80 Å². The topological polar surface area (TPSA) is 121 Å². The van der Waals surface area contributed by atoms with Crippen LogP contribution in [-0.2, 0) is 32.6 Å². The smallest absolute Gasteiger partial charge is 0.312 e. The number of nitrogens with zero attached hydrogens (tertiary/aromatic N) is 5. The summed E-state index contributed by atoms with van der Waals surface area (Å²) in [6, 6.07) is 0. The van der Waals surface area contributed by atoms with Crippen LogP contribution in [-0.4, -0.2) is 99.7 Å². The lowest BCUT2D eigenvalue weighted by Gasteiger charge is -2.36. The number of carbonyl (C=O) groups excluding carboxylic acids is 3. The lowest BCUT2D eigenvalue weighted by molar-refractivity contribution is -0.155. The molecule has 11 heteroatoms. The van der Waals surface area contributed by atoms with Gasteiger partial charge in [-0.15, -0.1) is 0 Å². The Balaban J connectivity index is 1.33. The van der Waals surface area contributed by atoms with Crippen molar-refractivity contribution in [2.24, 2.45) is 7.05 Å². The number of nitrogens with one attached hydrogen (secondary N) is 1. The maximum atomic E-state index is 12.8. The van der Waals surface area contributed by atoms with Gasteiger partial charge in [0.25, 0.3) is 5.56 Å². The number of rotatable bonds is 3. The normalized spacial score (nSPS) is 17.0. The summed E-state index contributed by atoms with van der Waals surface area (Å²) < 4.78 is 6.88. The molecule has 0 saturated carbocycles. The second kappa shape index (κ2) is 9.34. The van der Waals surface area contributed by atoms with Gasteiger partial charge in [0.15, 0.2) is 0 Å². The molecule has 1 N–H and O–H groups in total. The molecular weight excluding hydrogens is 428 g/mol. The van der Waals surface area contributed by atoms with Crippen LogP contribution in [0.1, 0.15) is 23.2 Å². The number of pyridine rings is 1. The maximum Gasteiger partial charge on any atom is 0.312 e. The first kappa shape index (κ1) is 23.0. The standard InChI is InChI=1S/C22H30N6O5/c1-14-16(20(30)23-19-18(14)15(2)24-25(19)3)4-5-17(29)26-6-8-27(9-7-26)21(31)22(32)28-10-12-33-13-11-28/h4-13H2,1-3H3,(H,23,30). The molecule has 4 heterocycles. The van der Waals surface area contributed by atoms with E-state index in [0.29, 0.717) is 70.1 Å². The zero-order valence-electron chi connectivity index (χ0n) is 19.3. The van der Waals surface area contributed by atoms with Gasteiger partial charge in [0.05, 0.1) is 18.9 Å². The molecule has 0 radical (unpaired) electrons. The Kier molecular flexibility index (Phi) is 6.50. The molecule has 2 saturated heterocycles. The van der Waals surface area contributed by atoms with Crippen LogP contribution >= 0.6 is 0 Å². The fraction of sp³-hybridized carbons (Fsp3) is 0.591. The molecule has 2 aromatic rings. The number of carbonyl (C=O) groups is 3. The zero-order valence-corrected chi connectivity index (χ0v) is 19.3. The highest BCUT2D eigenvalue weighted by Crippen LogP contribution is 2.21. The van der Waals surface area contributed by atoms with Crippen molar-refractivity contribution in [3.63, 3.8) is 0 Å². The molecule has 178 valence electrons. The predicted molar refractivity (Wildman–Crippen MR) is 120 cm³/mol. The Bertz CT molecular complexity index is 1140. The maximum absolute atomic E-state index is 12.8. The summed E-state index contributed by atoms with van der Waals surface area (Å²) in [6.07, 6.45) is 0.536. The van der Waals surface area contributed by atoms with Crippen LogP contribution < -0.4 is 5.56 Å².